The highest BCUT2D eigenvalue weighted by atomic mass is 19.4. The van der Waals surface area contributed by atoms with Gasteiger partial charge in [-0.05, 0) is 18.2 Å². The maximum absolute atomic E-state index is 12.4. The molecule has 0 aliphatic rings. The smallest absolute Gasteiger partial charge is 0.416 e. The molecule has 16 heavy (non-hydrogen) atoms. The molecule has 0 saturated heterocycles. The fourth-order valence-electron chi connectivity index (χ4n) is 1.27. The highest BCUT2D eigenvalue weighted by Crippen LogP contribution is 2.30. The molecule has 0 saturated carbocycles. The van der Waals surface area contributed by atoms with Crippen molar-refractivity contribution in [1.82, 2.24) is 4.98 Å². The quantitative estimate of drug-likeness (QED) is 0.817. The Labute approximate surface area is 87.5 Å². The summed E-state index contributed by atoms with van der Waals surface area (Å²) < 4.78 is 42.1. The summed E-state index contributed by atoms with van der Waals surface area (Å²) >= 11 is 0. The van der Waals surface area contributed by atoms with E-state index in [4.69, 9.17) is 4.42 Å². The molecule has 0 amide bonds. The molecular weight excluding hydrogens is 223 g/mol. The predicted molar refractivity (Wildman–Crippen MR) is 49.8 cm³/mol. The van der Waals surface area contributed by atoms with Crippen molar-refractivity contribution in [1.29, 1.82) is 0 Å². The summed E-state index contributed by atoms with van der Waals surface area (Å²) in [5.74, 6) is 0.184. The summed E-state index contributed by atoms with van der Waals surface area (Å²) in [6.45, 7) is 0. The molecule has 1 N–H and O–H groups in total. The SMILES string of the molecule is O=c1cc(C(F)(F)F)cc(-c2ccco2)[nH]1. The van der Waals surface area contributed by atoms with Gasteiger partial charge in [0.2, 0.25) is 5.56 Å². The lowest BCUT2D eigenvalue weighted by Crippen LogP contribution is -2.13. The van der Waals surface area contributed by atoms with Gasteiger partial charge in [0.25, 0.3) is 0 Å². The topological polar surface area (TPSA) is 46.0 Å². The minimum atomic E-state index is -4.55. The van der Waals surface area contributed by atoms with Gasteiger partial charge in [0.15, 0.2) is 0 Å². The lowest BCUT2D eigenvalue weighted by molar-refractivity contribution is -0.137. The molecule has 6 heteroatoms. The van der Waals surface area contributed by atoms with Gasteiger partial charge in [0.1, 0.15) is 5.76 Å². The third-order valence-corrected chi connectivity index (χ3v) is 1.96. The molecule has 2 rings (SSSR count). The number of alkyl halides is 3. The number of pyridine rings is 1. The summed E-state index contributed by atoms with van der Waals surface area (Å²) in [5.41, 5.74) is -1.81. The molecule has 2 aromatic rings. The first-order chi connectivity index (χ1) is 7.47. The fraction of sp³-hybridized carbons (Fsp3) is 0.100. The Balaban J connectivity index is 2.57. The summed E-state index contributed by atoms with van der Waals surface area (Å²) in [4.78, 5) is 13.3. The minimum absolute atomic E-state index is 0.00447. The molecule has 0 bridgehead atoms. The van der Waals surface area contributed by atoms with E-state index in [1.54, 1.807) is 0 Å². The molecule has 0 spiro atoms. The van der Waals surface area contributed by atoms with E-state index in [1.807, 2.05) is 0 Å². The van der Waals surface area contributed by atoms with Crippen LogP contribution in [-0.2, 0) is 6.18 Å². The van der Waals surface area contributed by atoms with Crippen molar-refractivity contribution in [2.24, 2.45) is 0 Å². The van der Waals surface area contributed by atoms with E-state index < -0.39 is 17.3 Å². The molecule has 0 atom stereocenters. The maximum Gasteiger partial charge on any atom is 0.416 e. The second-order valence-electron chi connectivity index (χ2n) is 3.12. The van der Waals surface area contributed by atoms with Gasteiger partial charge in [-0.3, -0.25) is 4.79 Å². The van der Waals surface area contributed by atoms with Gasteiger partial charge in [0, 0.05) is 6.07 Å². The Bertz CT molecular complexity index is 540. The van der Waals surface area contributed by atoms with E-state index in [0.717, 1.165) is 6.07 Å². The zero-order valence-electron chi connectivity index (χ0n) is 7.84. The second kappa shape index (κ2) is 3.55. The highest BCUT2D eigenvalue weighted by Gasteiger charge is 2.31. The van der Waals surface area contributed by atoms with Crippen molar-refractivity contribution in [2.75, 3.05) is 0 Å². The molecular formula is C10H6F3NO2. The van der Waals surface area contributed by atoms with Crippen LogP contribution >= 0.6 is 0 Å². The van der Waals surface area contributed by atoms with E-state index >= 15 is 0 Å². The number of aromatic nitrogens is 1. The largest absolute Gasteiger partial charge is 0.463 e. The van der Waals surface area contributed by atoms with Crippen LogP contribution in [0.2, 0.25) is 0 Å². The summed E-state index contributed by atoms with van der Waals surface area (Å²) in [5, 5.41) is 0. The zero-order chi connectivity index (χ0) is 11.8. The number of hydrogen-bond acceptors (Lipinski definition) is 2. The van der Waals surface area contributed by atoms with Gasteiger partial charge in [-0.2, -0.15) is 13.2 Å². The van der Waals surface area contributed by atoms with Crippen molar-refractivity contribution < 1.29 is 17.6 Å². The Morgan fingerprint density at radius 3 is 2.56 bits per heavy atom. The zero-order valence-corrected chi connectivity index (χ0v) is 7.84. The van der Waals surface area contributed by atoms with Gasteiger partial charge < -0.3 is 9.40 Å². The number of aromatic amines is 1. The monoisotopic (exact) mass is 229 g/mol. The first-order valence-electron chi connectivity index (χ1n) is 4.32. The lowest BCUT2D eigenvalue weighted by atomic mass is 10.2. The standard InChI is InChI=1S/C10H6F3NO2/c11-10(12,13)6-4-7(14-9(15)5-6)8-2-1-3-16-8/h1-5H,(H,14,15). The van der Waals surface area contributed by atoms with E-state index in [0.29, 0.717) is 6.07 Å². The van der Waals surface area contributed by atoms with Crippen LogP contribution in [0.15, 0.2) is 39.7 Å². The maximum atomic E-state index is 12.4. The molecule has 2 heterocycles. The molecule has 84 valence electrons. The minimum Gasteiger partial charge on any atom is -0.463 e. The lowest BCUT2D eigenvalue weighted by Gasteiger charge is -2.06. The molecule has 0 radical (unpaired) electrons. The Hall–Kier alpha value is -1.98. The first-order valence-corrected chi connectivity index (χ1v) is 4.32. The summed E-state index contributed by atoms with van der Waals surface area (Å²) in [7, 11) is 0. The summed E-state index contributed by atoms with van der Waals surface area (Å²) in [6.07, 6.45) is -3.23. The van der Waals surface area contributed by atoms with E-state index in [1.165, 1.54) is 18.4 Å². The highest BCUT2D eigenvalue weighted by molar-refractivity contribution is 5.52. The van der Waals surface area contributed by atoms with E-state index in [-0.39, 0.29) is 11.5 Å². The van der Waals surface area contributed by atoms with Crippen LogP contribution in [0, 0.1) is 0 Å². The van der Waals surface area contributed by atoms with Crippen molar-refractivity contribution in [2.45, 2.75) is 6.18 Å². The fourth-order valence-corrected chi connectivity index (χ4v) is 1.27. The molecule has 3 nitrogen and oxygen atoms in total. The molecule has 0 aromatic carbocycles. The number of rotatable bonds is 1. The van der Waals surface area contributed by atoms with E-state index in [2.05, 4.69) is 4.98 Å². The third-order valence-electron chi connectivity index (χ3n) is 1.96. The third kappa shape index (κ3) is 2.00. The summed E-state index contributed by atoms with van der Waals surface area (Å²) in [6, 6.07) is 4.33. The van der Waals surface area contributed by atoms with Crippen LogP contribution in [0.25, 0.3) is 11.5 Å². The van der Waals surface area contributed by atoms with Gasteiger partial charge >= 0.3 is 6.18 Å². The second-order valence-corrected chi connectivity index (χ2v) is 3.12. The van der Waals surface area contributed by atoms with Crippen molar-refractivity contribution >= 4 is 0 Å². The Kier molecular flexibility index (Phi) is 2.34. The number of H-pyrrole nitrogens is 1. The van der Waals surface area contributed by atoms with Crippen LogP contribution in [0.3, 0.4) is 0 Å². The molecule has 0 aliphatic carbocycles. The average Bonchev–Trinajstić information content (AvgIpc) is 2.68. The van der Waals surface area contributed by atoms with Crippen LogP contribution in [-0.4, -0.2) is 4.98 Å². The predicted octanol–water partition coefficient (Wildman–Crippen LogP) is 2.65. The number of halogens is 3. The Morgan fingerprint density at radius 1 is 1.25 bits per heavy atom. The van der Waals surface area contributed by atoms with Crippen LogP contribution in [0.1, 0.15) is 5.56 Å². The van der Waals surface area contributed by atoms with Crippen molar-refractivity contribution in [3.05, 3.63) is 46.4 Å². The van der Waals surface area contributed by atoms with E-state index in [9.17, 15) is 18.0 Å². The number of hydrogen-bond donors (Lipinski definition) is 1. The van der Waals surface area contributed by atoms with Gasteiger partial charge in [-0.15, -0.1) is 0 Å². The van der Waals surface area contributed by atoms with Crippen molar-refractivity contribution in [3.63, 3.8) is 0 Å². The van der Waals surface area contributed by atoms with Crippen LogP contribution < -0.4 is 5.56 Å². The van der Waals surface area contributed by atoms with Crippen LogP contribution in [0.4, 0.5) is 13.2 Å². The van der Waals surface area contributed by atoms with Gasteiger partial charge in [-0.1, -0.05) is 0 Å². The molecule has 0 aliphatic heterocycles. The van der Waals surface area contributed by atoms with Gasteiger partial charge in [0.05, 0.1) is 17.5 Å². The van der Waals surface area contributed by atoms with Gasteiger partial charge in [-0.25, -0.2) is 0 Å². The number of furan rings is 1. The average molecular weight is 229 g/mol. The normalized spacial score (nSPS) is 11.7. The molecule has 2 aromatic heterocycles. The molecule has 0 unspecified atom stereocenters. The van der Waals surface area contributed by atoms with Crippen molar-refractivity contribution in [3.8, 4) is 11.5 Å². The Morgan fingerprint density at radius 2 is 2.00 bits per heavy atom. The number of nitrogens with one attached hydrogen (secondary N) is 1. The molecule has 0 fully saturated rings. The van der Waals surface area contributed by atoms with Crippen LogP contribution in [0.5, 0.6) is 0 Å². The first kappa shape index (κ1) is 10.5.